The molecule has 0 aliphatic rings. The van der Waals surface area contributed by atoms with Crippen molar-refractivity contribution in [1.82, 2.24) is 0 Å². The van der Waals surface area contributed by atoms with Gasteiger partial charge in [0.2, 0.25) is 6.08 Å². The molecule has 122 valence electrons. The van der Waals surface area contributed by atoms with Crippen LogP contribution in [0.15, 0.2) is 23.2 Å². The molecule has 0 aliphatic heterocycles. The largest absolute Gasteiger partial charge is 0.240 e. The SMILES string of the molecule is CCCCCCCCCCCCc1ccc(C)c(N=C=O)c1. The highest BCUT2D eigenvalue weighted by atomic mass is 16.1. The summed E-state index contributed by atoms with van der Waals surface area (Å²) in [7, 11) is 0. The molecule has 0 saturated heterocycles. The number of unbranched alkanes of at least 4 members (excludes halogenated alkanes) is 9. The van der Waals surface area contributed by atoms with Crippen LogP contribution in [0.2, 0.25) is 0 Å². The van der Waals surface area contributed by atoms with E-state index in [0.717, 1.165) is 17.7 Å². The number of nitrogens with zero attached hydrogens (tertiary/aromatic N) is 1. The van der Waals surface area contributed by atoms with Crippen LogP contribution >= 0.6 is 0 Å². The van der Waals surface area contributed by atoms with E-state index < -0.39 is 0 Å². The summed E-state index contributed by atoms with van der Waals surface area (Å²) in [5, 5.41) is 0. The van der Waals surface area contributed by atoms with Crippen molar-refractivity contribution in [2.45, 2.75) is 84.5 Å². The molecule has 0 N–H and O–H groups in total. The first-order valence-electron chi connectivity index (χ1n) is 8.95. The molecular weight excluding hydrogens is 270 g/mol. The van der Waals surface area contributed by atoms with Crippen molar-refractivity contribution in [3.63, 3.8) is 0 Å². The second-order valence-electron chi connectivity index (χ2n) is 6.26. The molecule has 0 fully saturated rings. The van der Waals surface area contributed by atoms with Gasteiger partial charge in [0.25, 0.3) is 0 Å². The van der Waals surface area contributed by atoms with Crippen molar-refractivity contribution in [2.24, 2.45) is 4.99 Å². The van der Waals surface area contributed by atoms with Gasteiger partial charge in [-0.25, -0.2) is 4.79 Å². The zero-order valence-electron chi connectivity index (χ0n) is 14.4. The van der Waals surface area contributed by atoms with Gasteiger partial charge in [0, 0.05) is 0 Å². The second kappa shape index (κ2) is 12.2. The lowest BCUT2D eigenvalue weighted by Gasteiger charge is -2.05. The van der Waals surface area contributed by atoms with Gasteiger partial charge < -0.3 is 0 Å². The summed E-state index contributed by atoms with van der Waals surface area (Å²) in [6.07, 6.45) is 16.3. The van der Waals surface area contributed by atoms with Crippen molar-refractivity contribution in [1.29, 1.82) is 0 Å². The van der Waals surface area contributed by atoms with E-state index in [9.17, 15) is 4.79 Å². The summed E-state index contributed by atoms with van der Waals surface area (Å²) in [4.78, 5) is 14.2. The van der Waals surface area contributed by atoms with Crippen molar-refractivity contribution >= 4 is 11.8 Å². The first kappa shape index (κ1) is 18.6. The van der Waals surface area contributed by atoms with Gasteiger partial charge in [-0.2, -0.15) is 4.99 Å². The summed E-state index contributed by atoms with van der Waals surface area (Å²) in [5.74, 6) is 0. The molecule has 0 atom stereocenters. The van der Waals surface area contributed by atoms with Gasteiger partial charge in [-0.05, 0) is 37.0 Å². The quantitative estimate of drug-likeness (QED) is 0.248. The number of hydrogen-bond acceptors (Lipinski definition) is 2. The van der Waals surface area contributed by atoms with E-state index in [2.05, 4.69) is 18.0 Å². The zero-order valence-corrected chi connectivity index (χ0v) is 14.4. The predicted octanol–water partition coefficient (Wildman–Crippen LogP) is 6.43. The van der Waals surface area contributed by atoms with E-state index in [0.29, 0.717) is 0 Å². The van der Waals surface area contributed by atoms with Crippen LogP contribution in [0.1, 0.15) is 82.3 Å². The lowest BCUT2D eigenvalue weighted by molar-refractivity contribution is 0.556. The highest BCUT2D eigenvalue weighted by Gasteiger charge is 2.00. The van der Waals surface area contributed by atoms with Crippen molar-refractivity contribution in [3.8, 4) is 0 Å². The van der Waals surface area contributed by atoms with E-state index >= 15 is 0 Å². The molecule has 0 spiro atoms. The van der Waals surface area contributed by atoms with E-state index in [1.54, 1.807) is 6.08 Å². The van der Waals surface area contributed by atoms with Crippen LogP contribution in [0.5, 0.6) is 0 Å². The number of hydrogen-bond donors (Lipinski definition) is 0. The molecule has 0 aliphatic carbocycles. The number of carbonyl (C=O) groups excluding carboxylic acids is 1. The van der Waals surface area contributed by atoms with Crippen LogP contribution in [-0.2, 0) is 11.2 Å². The minimum atomic E-state index is 0.763. The Morgan fingerprint density at radius 1 is 0.909 bits per heavy atom. The van der Waals surface area contributed by atoms with Crippen LogP contribution in [-0.4, -0.2) is 6.08 Å². The Bertz CT molecular complexity index is 461. The van der Waals surface area contributed by atoms with Crippen LogP contribution in [0, 0.1) is 6.92 Å². The summed E-state index contributed by atoms with van der Waals surface area (Å²) in [5.41, 5.74) is 3.08. The van der Waals surface area contributed by atoms with Gasteiger partial charge in [0.05, 0.1) is 5.69 Å². The van der Waals surface area contributed by atoms with Crippen LogP contribution in [0.25, 0.3) is 0 Å². The fourth-order valence-corrected chi connectivity index (χ4v) is 2.80. The highest BCUT2D eigenvalue weighted by molar-refractivity contribution is 5.54. The van der Waals surface area contributed by atoms with Crippen molar-refractivity contribution in [2.75, 3.05) is 0 Å². The second-order valence-corrected chi connectivity index (χ2v) is 6.26. The number of isocyanates is 1. The lowest BCUT2D eigenvalue weighted by Crippen LogP contribution is -1.88. The van der Waals surface area contributed by atoms with Gasteiger partial charge >= 0.3 is 0 Å². The normalized spacial score (nSPS) is 10.5. The fourth-order valence-electron chi connectivity index (χ4n) is 2.80. The lowest BCUT2D eigenvalue weighted by atomic mass is 10.0. The number of aliphatic imine (C=N–C) groups is 1. The predicted molar refractivity (Wildman–Crippen MR) is 94.5 cm³/mol. The maximum atomic E-state index is 10.4. The fraction of sp³-hybridized carbons (Fsp3) is 0.650. The van der Waals surface area contributed by atoms with Gasteiger partial charge in [-0.3, -0.25) is 0 Å². The smallest absolute Gasteiger partial charge is 0.211 e. The molecule has 0 aromatic heterocycles. The Balaban J connectivity index is 2.10. The summed E-state index contributed by atoms with van der Waals surface area (Å²) >= 11 is 0. The molecule has 0 amide bonds. The first-order chi connectivity index (χ1) is 10.8. The van der Waals surface area contributed by atoms with E-state index in [4.69, 9.17) is 0 Å². The van der Waals surface area contributed by atoms with Crippen LogP contribution in [0.4, 0.5) is 5.69 Å². The average Bonchev–Trinajstić information content (AvgIpc) is 2.52. The molecular formula is C20H31NO. The summed E-state index contributed by atoms with van der Waals surface area (Å²) in [6.45, 7) is 4.24. The Morgan fingerprint density at radius 3 is 2.09 bits per heavy atom. The third kappa shape index (κ3) is 8.14. The molecule has 0 saturated carbocycles. The topological polar surface area (TPSA) is 29.4 Å². The Labute approximate surface area is 136 Å². The van der Waals surface area contributed by atoms with E-state index in [-0.39, 0.29) is 0 Å². The Kier molecular flexibility index (Phi) is 10.3. The molecule has 22 heavy (non-hydrogen) atoms. The maximum Gasteiger partial charge on any atom is 0.240 e. The van der Waals surface area contributed by atoms with Gasteiger partial charge in [0.15, 0.2) is 0 Å². The maximum absolute atomic E-state index is 10.4. The molecule has 1 aromatic carbocycles. The van der Waals surface area contributed by atoms with Gasteiger partial charge in [0.1, 0.15) is 0 Å². The minimum absolute atomic E-state index is 0.763. The van der Waals surface area contributed by atoms with Crippen LogP contribution < -0.4 is 0 Å². The number of aryl methyl sites for hydroxylation is 2. The molecule has 2 nitrogen and oxygen atoms in total. The average molecular weight is 301 g/mol. The molecule has 1 aromatic rings. The standard InChI is InChI=1S/C20H31NO/c1-3-4-5-6-7-8-9-10-11-12-13-19-15-14-18(2)20(16-19)21-17-22/h14-16H,3-13H2,1-2H3. The van der Waals surface area contributed by atoms with E-state index in [1.807, 2.05) is 19.1 Å². The zero-order chi connectivity index (χ0) is 16.0. The molecule has 0 unspecified atom stereocenters. The third-order valence-corrected chi connectivity index (χ3v) is 4.26. The Morgan fingerprint density at radius 2 is 1.50 bits per heavy atom. The minimum Gasteiger partial charge on any atom is -0.211 e. The van der Waals surface area contributed by atoms with Gasteiger partial charge in [-0.15, -0.1) is 0 Å². The number of benzene rings is 1. The molecule has 0 radical (unpaired) electrons. The molecule has 2 heteroatoms. The highest BCUT2D eigenvalue weighted by Crippen LogP contribution is 2.21. The number of rotatable bonds is 12. The van der Waals surface area contributed by atoms with Crippen LogP contribution in [0.3, 0.4) is 0 Å². The van der Waals surface area contributed by atoms with Crippen molar-refractivity contribution in [3.05, 3.63) is 29.3 Å². The van der Waals surface area contributed by atoms with E-state index in [1.165, 1.54) is 69.8 Å². The molecule has 0 heterocycles. The summed E-state index contributed by atoms with van der Waals surface area (Å²) < 4.78 is 0. The summed E-state index contributed by atoms with van der Waals surface area (Å²) in [6, 6.07) is 6.21. The molecule has 1 rings (SSSR count). The third-order valence-electron chi connectivity index (χ3n) is 4.26. The van der Waals surface area contributed by atoms with Crippen molar-refractivity contribution < 1.29 is 4.79 Å². The first-order valence-corrected chi connectivity index (χ1v) is 8.95. The molecule has 0 bridgehead atoms. The Hall–Kier alpha value is -1.40. The monoisotopic (exact) mass is 301 g/mol. The van der Waals surface area contributed by atoms with Gasteiger partial charge in [-0.1, -0.05) is 76.8 Å².